The van der Waals surface area contributed by atoms with E-state index in [0.29, 0.717) is 11.1 Å². The van der Waals surface area contributed by atoms with Crippen molar-refractivity contribution >= 4 is 28.9 Å². The maximum Gasteiger partial charge on any atom is 0.405 e. The number of aryl methyl sites for hydroxylation is 2. The Morgan fingerprint density at radius 3 is 2.57 bits per heavy atom. The van der Waals surface area contributed by atoms with Crippen molar-refractivity contribution in [1.29, 1.82) is 0 Å². The van der Waals surface area contributed by atoms with Crippen LogP contribution < -0.4 is 10.6 Å². The van der Waals surface area contributed by atoms with Gasteiger partial charge in [-0.05, 0) is 42.5 Å². The van der Waals surface area contributed by atoms with Gasteiger partial charge in [-0.1, -0.05) is 0 Å². The van der Waals surface area contributed by atoms with Crippen LogP contribution in [0.4, 0.5) is 18.0 Å². The Kier molecular flexibility index (Phi) is 5.57. The molecule has 1 heterocycles. The lowest BCUT2D eigenvalue weighted by atomic mass is 10.0. The van der Waals surface area contributed by atoms with Crippen molar-refractivity contribution in [3.8, 4) is 0 Å². The van der Waals surface area contributed by atoms with E-state index < -0.39 is 37.2 Å². The number of ether oxygens (including phenoxy) is 1. The van der Waals surface area contributed by atoms with E-state index in [1.54, 1.807) is 5.32 Å². The van der Waals surface area contributed by atoms with Gasteiger partial charge in [0.1, 0.15) is 12.1 Å². The van der Waals surface area contributed by atoms with Crippen LogP contribution in [-0.4, -0.2) is 37.2 Å². The van der Waals surface area contributed by atoms with E-state index in [9.17, 15) is 27.6 Å². The van der Waals surface area contributed by atoms with Crippen LogP contribution in [0.2, 0.25) is 0 Å². The Morgan fingerprint density at radius 1 is 1.14 bits per heavy atom. The number of urea groups is 1. The van der Waals surface area contributed by atoms with Crippen molar-refractivity contribution < 1.29 is 36.7 Å². The molecule has 150 valence electrons. The second-order valence-electron chi connectivity index (χ2n) is 6.42. The Bertz CT molecular complexity index is 920. The van der Waals surface area contributed by atoms with Gasteiger partial charge in [-0.2, -0.15) is 13.2 Å². The molecule has 3 amide bonds. The van der Waals surface area contributed by atoms with Crippen molar-refractivity contribution in [2.45, 2.75) is 31.9 Å². The Hall–Kier alpha value is -3.04. The smallest absolute Gasteiger partial charge is 0.405 e. The molecule has 7 nitrogen and oxygen atoms in total. The summed E-state index contributed by atoms with van der Waals surface area (Å²) in [6.45, 7) is -2.37. The standard InChI is InChI=1S/C18H17F3N2O5/c19-18(20,21)9-22-17(26)23-15(24)8-28-16(25)6-12-7-27-14-5-11-3-1-2-10(11)4-13(12)14/h4-5,7H,1-3,6,8-9H2,(H2,22,23,24,26). The van der Waals surface area contributed by atoms with Crippen LogP contribution in [0.3, 0.4) is 0 Å². The second-order valence-corrected chi connectivity index (χ2v) is 6.42. The van der Waals surface area contributed by atoms with E-state index in [2.05, 4.69) is 0 Å². The van der Waals surface area contributed by atoms with Crippen molar-refractivity contribution in [3.05, 3.63) is 35.1 Å². The fraction of sp³-hybridized carbons (Fsp3) is 0.389. The molecular formula is C18H17F3N2O5. The number of halogens is 3. The molecule has 28 heavy (non-hydrogen) atoms. The van der Waals surface area contributed by atoms with Gasteiger partial charge < -0.3 is 14.5 Å². The molecule has 0 saturated carbocycles. The molecule has 0 aliphatic heterocycles. The summed E-state index contributed by atoms with van der Waals surface area (Å²) in [4.78, 5) is 34.6. The van der Waals surface area contributed by atoms with E-state index in [-0.39, 0.29) is 6.42 Å². The second kappa shape index (κ2) is 7.91. The predicted octanol–water partition coefficient (Wildman–Crippen LogP) is 2.40. The summed E-state index contributed by atoms with van der Waals surface area (Å²) in [6.07, 6.45) is -0.248. The van der Waals surface area contributed by atoms with Crippen LogP contribution >= 0.6 is 0 Å². The quantitative estimate of drug-likeness (QED) is 0.754. The van der Waals surface area contributed by atoms with E-state index in [4.69, 9.17) is 9.15 Å². The topological polar surface area (TPSA) is 97.6 Å². The number of amides is 3. The number of rotatable bonds is 5. The summed E-state index contributed by atoms with van der Waals surface area (Å²) in [5.41, 5.74) is 3.73. The summed E-state index contributed by atoms with van der Waals surface area (Å²) in [5, 5.41) is 3.91. The van der Waals surface area contributed by atoms with Gasteiger partial charge >= 0.3 is 18.2 Å². The van der Waals surface area contributed by atoms with Crippen LogP contribution in [0.5, 0.6) is 0 Å². The minimum atomic E-state index is -4.60. The van der Waals surface area contributed by atoms with E-state index in [1.807, 2.05) is 12.1 Å². The van der Waals surface area contributed by atoms with Gasteiger partial charge in [-0.3, -0.25) is 14.9 Å². The molecule has 0 saturated heterocycles. The molecule has 10 heteroatoms. The molecule has 0 fully saturated rings. The van der Waals surface area contributed by atoms with Gasteiger partial charge in [0.2, 0.25) is 0 Å². The first-order valence-corrected chi connectivity index (χ1v) is 8.53. The number of alkyl halides is 3. The fourth-order valence-electron chi connectivity index (χ4n) is 3.02. The SMILES string of the molecule is O=C(COC(=O)Cc1coc2cc3c(cc12)CCC3)NC(=O)NCC(F)(F)F. The van der Waals surface area contributed by atoms with Gasteiger partial charge in [-0.25, -0.2) is 4.79 Å². The lowest BCUT2D eigenvalue weighted by molar-refractivity contribution is -0.147. The third kappa shape index (κ3) is 5.02. The van der Waals surface area contributed by atoms with E-state index in [0.717, 1.165) is 24.6 Å². The third-order valence-electron chi connectivity index (χ3n) is 4.27. The number of hydrogen-bond donors (Lipinski definition) is 2. The maximum atomic E-state index is 12.0. The maximum absolute atomic E-state index is 12.0. The van der Waals surface area contributed by atoms with Crippen LogP contribution in [0.25, 0.3) is 11.0 Å². The lowest BCUT2D eigenvalue weighted by Crippen LogP contribution is -2.44. The Balaban J connectivity index is 1.49. The normalized spacial score (nSPS) is 13.2. The monoisotopic (exact) mass is 398 g/mol. The molecule has 3 rings (SSSR count). The summed E-state index contributed by atoms with van der Waals surface area (Å²) in [5.74, 6) is -1.77. The number of nitrogens with one attached hydrogen (secondary N) is 2. The van der Waals surface area contributed by atoms with Crippen LogP contribution in [0, 0.1) is 0 Å². The highest BCUT2D eigenvalue weighted by molar-refractivity contribution is 5.95. The minimum Gasteiger partial charge on any atom is -0.464 e. The Morgan fingerprint density at radius 2 is 1.86 bits per heavy atom. The van der Waals surface area contributed by atoms with Gasteiger partial charge in [0.15, 0.2) is 6.61 Å². The van der Waals surface area contributed by atoms with Gasteiger partial charge in [0.05, 0.1) is 12.7 Å². The molecule has 2 aromatic rings. The number of carbonyl (C=O) groups is 3. The minimum absolute atomic E-state index is 0.140. The van der Waals surface area contributed by atoms with Crippen LogP contribution in [-0.2, 0) is 33.6 Å². The number of benzene rings is 1. The fourth-order valence-corrected chi connectivity index (χ4v) is 3.02. The summed E-state index contributed by atoms with van der Waals surface area (Å²) >= 11 is 0. The van der Waals surface area contributed by atoms with Gasteiger partial charge in [0, 0.05) is 10.9 Å². The van der Waals surface area contributed by atoms with Crippen molar-refractivity contribution in [2.24, 2.45) is 0 Å². The van der Waals surface area contributed by atoms with E-state index in [1.165, 1.54) is 22.7 Å². The number of fused-ring (bicyclic) bond motifs is 2. The first-order valence-electron chi connectivity index (χ1n) is 8.53. The predicted molar refractivity (Wildman–Crippen MR) is 90.5 cm³/mol. The molecular weight excluding hydrogens is 381 g/mol. The number of furan rings is 1. The van der Waals surface area contributed by atoms with Crippen molar-refractivity contribution in [1.82, 2.24) is 10.6 Å². The largest absolute Gasteiger partial charge is 0.464 e. The van der Waals surface area contributed by atoms with Crippen molar-refractivity contribution in [2.75, 3.05) is 13.2 Å². The molecule has 0 unspecified atom stereocenters. The van der Waals surface area contributed by atoms with Gasteiger partial charge in [-0.15, -0.1) is 0 Å². The summed E-state index contributed by atoms with van der Waals surface area (Å²) in [6, 6.07) is 2.62. The highest BCUT2D eigenvalue weighted by Gasteiger charge is 2.28. The highest BCUT2D eigenvalue weighted by atomic mass is 19.4. The zero-order valence-electron chi connectivity index (χ0n) is 14.6. The molecule has 0 radical (unpaired) electrons. The van der Waals surface area contributed by atoms with Gasteiger partial charge in [0.25, 0.3) is 5.91 Å². The van der Waals surface area contributed by atoms with Crippen molar-refractivity contribution in [3.63, 3.8) is 0 Å². The first-order chi connectivity index (χ1) is 13.2. The average Bonchev–Trinajstić information content (AvgIpc) is 3.22. The molecule has 0 atom stereocenters. The highest BCUT2D eigenvalue weighted by Crippen LogP contribution is 2.30. The molecule has 1 aromatic carbocycles. The number of imide groups is 1. The summed E-state index contributed by atoms with van der Waals surface area (Å²) in [7, 11) is 0. The molecule has 2 N–H and O–H groups in total. The average molecular weight is 398 g/mol. The summed E-state index contributed by atoms with van der Waals surface area (Å²) < 4.78 is 46.1. The zero-order valence-corrected chi connectivity index (χ0v) is 14.6. The molecule has 1 aliphatic carbocycles. The van der Waals surface area contributed by atoms with E-state index >= 15 is 0 Å². The molecule has 0 bridgehead atoms. The third-order valence-corrected chi connectivity index (χ3v) is 4.27. The van der Waals surface area contributed by atoms with Crippen LogP contribution in [0.1, 0.15) is 23.1 Å². The Labute approximate surface area is 157 Å². The molecule has 1 aliphatic rings. The van der Waals surface area contributed by atoms with Crippen LogP contribution in [0.15, 0.2) is 22.8 Å². The number of hydrogen-bond acceptors (Lipinski definition) is 5. The lowest BCUT2D eigenvalue weighted by Gasteiger charge is -2.09. The molecule has 1 aromatic heterocycles. The number of carbonyl (C=O) groups excluding carboxylic acids is 3. The number of esters is 1. The molecule has 0 spiro atoms. The first kappa shape index (κ1) is 19.7. The zero-order chi connectivity index (χ0) is 20.3.